The quantitative estimate of drug-likeness (QED) is 0.641. The van der Waals surface area contributed by atoms with Crippen LogP contribution in [0, 0.1) is 0 Å². The fraction of sp³-hybridized carbons (Fsp3) is 0. The maximum atomic E-state index is 12.3. The predicted molar refractivity (Wildman–Crippen MR) is 94.9 cm³/mol. The Morgan fingerprint density at radius 2 is 1.62 bits per heavy atom. The molecule has 0 aliphatic carbocycles. The Bertz CT molecular complexity index is 1010. The van der Waals surface area contributed by atoms with E-state index >= 15 is 0 Å². The zero-order chi connectivity index (χ0) is 18.3. The van der Waals surface area contributed by atoms with Crippen LogP contribution in [0.1, 0.15) is 30.5 Å². The van der Waals surface area contributed by atoms with Crippen LogP contribution in [0.4, 0.5) is 0 Å². The minimum Gasteiger partial charge on any atom is -0.322 e. The molecule has 0 spiro atoms. The highest BCUT2D eigenvalue weighted by atomic mass is 35.5. The molecule has 0 N–H and O–H groups in total. The van der Waals surface area contributed by atoms with Crippen LogP contribution in [-0.4, -0.2) is 27.8 Å². The lowest BCUT2D eigenvalue weighted by molar-refractivity contribution is -0.0584. The summed E-state index contributed by atoms with van der Waals surface area (Å²) in [6.07, 6.45) is 1.52. The van der Waals surface area contributed by atoms with Gasteiger partial charge in [-0.15, -0.1) is 11.3 Å². The molecule has 0 bridgehead atoms. The molecule has 6 nitrogen and oxygen atoms in total. The molecule has 2 amide bonds. The van der Waals surface area contributed by atoms with Gasteiger partial charge < -0.3 is 4.84 Å². The highest BCUT2D eigenvalue weighted by Crippen LogP contribution is 2.29. The Labute approximate surface area is 156 Å². The van der Waals surface area contributed by atoms with Crippen molar-refractivity contribution in [2.24, 2.45) is 0 Å². The summed E-state index contributed by atoms with van der Waals surface area (Å²) in [5.74, 6) is -2.22. The van der Waals surface area contributed by atoms with Crippen LogP contribution in [0.2, 0.25) is 5.02 Å². The number of imide groups is 1. The first-order valence-corrected chi connectivity index (χ1v) is 8.66. The van der Waals surface area contributed by atoms with E-state index in [9.17, 15) is 14.4 Å². The molecule has 0 fully saturated rings. The van der Waals surface area contributed by atoms with Crippen LogP contribution in [0.5, 0.6) is 0 Å². The maximum absolute atomic E-state index is 12.3. The number of rotatable bonds is 3. The lowest BCUT2D eigenvalue weighted by Gasteiger charge is -2.11. The van der Waals surface area contributed by atoms with E-state index < -0.39 is 17.8 Å². The molecular formula is C18H9ClN2O4S. The zero-order valence-electron chi connectivity index (χ0n) is 13.0. The molecule has 0 saturated heterocycles. The third kappa shape index (κ3) is 2.77. The Kier molecular flexibility index (Phi) is 4.02. The molecule has 1 aromatic heterocycles. The molecule has 8 heteroatoms. The van der Waals surface area contributed by atoms with Crippen molar-refractivity contribution in [2.75, 3.05) is 0 Å². The number of nitrogens with zero attached hydrogens (tertiary/aromatic N) is 2. The molecule has 2 heterocycles. The lowest BCUT2D eigenvalue weighted by Crippen LogP contribution is -2.32. The first-order valence-electron chi connectivity index (χ1n) is 7.46. The average Bonchev–Trinajstić information content (AvgIpc) is 3.23. The van der Waals surface area contributed by atoms with Crippen LogP contribution >= 0.6 is 22.9 Å². The van der Waals surface area contributed by atoms with E-state index in [1.54, 1.807) is 36.4 Å². The van der Waals surface area contributed by atoms with Gasteiger partial charge in [-0.25, -0.2) is 9.78 Å². The Morgan fingerprint density at radius 1 is 1.00 bits per heavy atom. The summed E-state index contributed by atoms with van der Waals surface area (Å²) in [6.45, 7) is 0. The third-order valence-electron chi connectivity index (χ3n) is 3.74. The largest absolute Gasteiger partial charge is 0.392 e. The smallest absolute Gasteiger partial charge is 0.322 e. The van der Waals surface area contributed by atoms with Gasteiger partial charge in [-0.2, -0.15) is 0 Å². The Hall–Kier alpha value is -3.03. The van der Waals surface area contributed by atoms with Gasteiger partial charge in [0, 0.05) is 11.2 Å². The summed E-state index contributed by atoms with van der Waals surface area (Å²) in [4.78, 5) is 46.5. The van der Waals surface area contributed by atoms with E-state index in [2.05, 4.69) is 4.98 Å². The van der Waals surface area contributed by atoms with E-state index in [0.717, 1.165) is 21.8 Å². The number of hydrogen-bond donors (Lipinski definition) is 0. The second-order valence-electron chi connectivity index (χ2n) is 5.37. The number of hydrogen-bond acceptors (Lipinski definition) is 6. The lowest BCUT2D eigenvalue weighted by atomic mass is 10.1. The number of aromatic nitrogens is 1. The summed E-state index contributed by atoms with van der Waals surface area (Å²) in [6, 6.07) is 13.3. The number of fused-ring (bicyclic) bond motifs is 1. The molecular weight excluding hydrogens is 376 g/mol. The molecule has 3 aromatic rings. The van der Waals surface area contributed by atoms with Crippen LogP contribution in [-0.2, 0) is 4.84 Å². The van der Waals surface area contributed by atoms with Crippen molar-refractivity contribution in [3.05, 3.63) is 75.9 Å². The number of carbonyl (C=O) groups is 3. The second-order valence-corrected chi connectivity index (χ2v) is 6.83. The van der Waals surface area contributed by atoms with Crippen molar-refractivity contribution < 1.29 is 19.2 Å². The maximum Gasteiger partial charge on any atom is 0.392 e. The monoisotopic (exact) mass is 384 g/mol. The Balaban J connectivity index is 1.54. The summed E-state index contributed by atoms with van der Waals surface area (Å²) in [5.41, 5.74) is 1.24. The van der Waals surface area contributed by atoms with Crippen molar-refractivity contribution >= 4 is 40.7 Å². The SMILES string of the molecule is O=C(ON1C(=O)c2ccccc2C1=O)c1ncc(-c2ccc(Cl)cc2)s1. The van der Waals surface area contributed by atoms with Crippen molar-refractivity contribution in [1.29, 1.82) is 0 Å². The number of benzene rings is 2. The highest BCUT2D eigenvalue weighted by Gasteiger charge is 2.39. The normalized spacial score (nSPS) is 13.0. The fourth-order valence-corrected chi connectivity index (χ4v) is 3.41. The minimum atomic E-state index is -0.871. The van der Waals surface area contributed by atoms with Crippen LogP contribution in [0.3, 0.4) is 0 Å². The molecule has 26 heavy (non-hydrogen) atoms. The second kappa shape index (κ2) is 6.36. The molecule has 128 valence electrons. The van der Waals surface area contributed by atoms with Gasteiger partial charge >= 0.3 is 5.97 Å². The molecule has 4 rings (SSSR count). The van der Waals surface area contributed by atoms with Gasteiger partial charge in [-0.05, 0) is 29.8 Å². The first-order chi connectivity index (χ1) is 12.5. The van der Waals surface area contributed by atoms with E-state index in [1.807, 2.05) is 0 Å². The van der Waals surface area contributed by atoms with Gasteiger partial charge in [-0.1, -0.05) is 40.9 Å². The van der Waals surface area contributed by atoms with Crippen LogP contribution in [0.15, 0.2) is 54.7 Å². The topological polar surface area (TPSA) is 76.6 Å². The first kappa shape index (κ1) is 16.4. The highest BCUT2D eigenvalue weighted by molar-refractivity contribution is 7.16. The molecule has 1 aliphatic heterocycles. The zero-order valence-corrected chi connectivity index (χ0v) is 14.6. The average molecular weight is 385 g/mol. The standard InChI is InChI=1S/C18H9ClN2O4S/c19-11-7-5-10(6-8-11)14-9-20-15(26-14)18(24)25-21-16(22)12-3-1-2-4-13(12)17(21)23/h1-9H. The van der Waals surface area contributed by atoms with Gasteiger partial charge in [0.1, 0.15) is 0 Å². The number of thiazole rings is 1. The van der Waals surface area contributed by atoms with Crippen LogP contribution < -0.4 is 0 Å². The third-order valence-corrected chi connectivity index (χ3v) is 5.02. The van der Waals surface area contributed by atoms with Gasteiger partial charge in [0.05, 0.1) is 16.0 Å². The summed E-state index contributed by atoms with van der Waals surface area (Å²) in [5, 5.41) is 1.10. The van der Waals surface area contributed by atoms with E-state index in [1.165, 1.54) is 18.3 Å². The molecule has 0 atom stereocenters. The van der Waals surface area contributed by atoms with E-state index in [0.29, 0.717) is 10.1 Å². The molecule has 0 radical (unpaired) electrons. The van der Waals surface area contributed by atoms with Crippen molar-refractivity contribution in [2.45, 2.75) is 0 Å². The molecule has 2 aromatic carbocycles. The summed E-state index contributed by atoms with van der Waals surface area (Å²) >= 11 is 6.95. The fourth-order valence-electron chi connectivity index (χ4n) is 2.49. The molecule has 0 unspecified atom stereocenters. The number of amides is 2. The van der Waals surface area contributed by atoms with E-state index in [4.69, 9.17) is 16.4 Å². The van der Waals surface area contributed by atoms with Crippen molar-refractivity contribution in [3.63, 3.8) is 0 Å². The van der Waals surface area contributed by atoms with Gasteiger partial charge in [0.15, 0.2) is 0 Å². The van der Waals surface area contributed by atoms with E-state index in [-0.39, 0.29) is 16.1 Å². The summed E-state index contributed by atoms with van der Waals surface area (Å²) < 4.78 is 0. The van der Waals surface area contributed by atoms with Gasteiger partial charge in [0.25, 0.3) is 11.8 Å². The van der Waals surface area contributed by atoms with Crippen molar-refractivity contribution in [1.82, 2.24) is 10.0 Å². The number of hydroxylamine groups is 2. The minimum absolute atomic E-state index is 0.0338. The summed E-state index contributed by atoms with van der Waals surface area (Å²) in [7, 11) is 0. The number of carbonyl (C=O) groups excluding carboxylic acids is 3. The molecule has 0 saturated carbocycles. The predicted octanol–water partition coefficient (Wildman–Crippen LogP) is 3.83. The molecule has 1 aliphatic rings. The van der Waals surface area contributed by atoms with Crippen molar-refractivity contribution in [3.8, 4) is 10.4 Å². The Morgan fingerprint density at radius 3 is 2.23 bits per heavy atom. The number of halogens is 1. The van der Waals surface area contributed by atoms with Crippen LogP contribution in [0.25, 0.3) is 10.4 Å². The van der Waals surface area contributed by atoms with Gasteiger partial charge in [0.2, 0.25) is 5.01 Å². The van der Waals surface area contributed by atoms with Gasteiger partial charge in [-0.3, -0.25) is 9.59 Å².